The van der Waals surface area contributed by atoms with Gasteiger partial charge in [-0.3, -0.25) is 19.3 Å². The molecule has 3 rings (SSSR count). The SMILES string of the molecule is CCCCCC(=O)OCOC(=O)C1=C(Cl)CS[C@@H]2C(NC(=O)/C(=N\OC)c3csc(N)n3)C(=O)N12. The van der Waals surface area contributed by atoms with Crippen LogP contribution in [0.2, 0.25) is 0 Å². The number of fused-ring (bicyclic) bond motifs is 1. The minimum absolute atomic E-state index is 0.114. The molecule has 2 aliphatic heterocycles. The van der Waals surface area contributed by atoms with Crippen molar-refractivity contribution < 1.29 is 33.5 Å². The quantitative estimate of drug-likeness (QED) is 0.104. The molecular formula is C20H24ClN5O7S2. The van der Waals surface area contributed by atoms with Crippen LogP contribution in [0.1, 0.15) is 38.3 Å². The molecule has 0 spiro atoms. The zero-order valence-electron chi connectivity index (χ0n) is 18.9. The number of hydrogen-bond donors (Lipinski definition) is 2. The van der Waals surface area contributed by atoms with E-state index in [0.717, 1.165) is 29.1 Å². The van der Waals surface area contributed by atoms with Crippen LogP contribution in [0.15, 0.2) is 21.3 Å². The Bertz CT molecular complexity index is 1060. The molecule has 0 bridgehead atoms. The molecule has 1 fully saturated rings. The molecule has 2 atom stereocenters. The van der Waals surface area contributed by atoms with E-state index in [4.69, 9.17) is 31.6 Å². The lowest BCUT2D eigenvalue weighted by Crippen LogP contribution is -2.71. The summed E-state index contributed by atoms with van der Waals surface area (Å²) in [5.74, 6) is -2.44. The number of unbranched alkanes of at least 4 members (excludes halogenated alkanes) is 2. The van der Waals surface area contributed by atoms with Gasteiger partial charge >= 0.3 is 11.9 Å². The van der Waals surface area contributed by atoms with Crippen LogP contribution in [0.25, 0.3) is 0 Å². The summed E-state index contributed by atoms with van der Waals surface area (Å²) in [5.41, 5.74) is 5.52. The van der Waals surface area contributed by atoms with Crippen molar-refractivity contribution in [3.05, 3.63) is 21.8 Å². The number of nitrogens with zero attached hydrogens (tertiary/aromatic N) is 3. The Hall–Kier alpha value is -2.84. The Kier molecular flexibility index (Phi) is 9.34. The van der Waals surface area contributed by atoms with Gasteiger partial charge in [-0.15, -0.1) is 23.1 Å². The van der Waals surface area contributed by atoms with Crippen molar-refractivity contribution in [3.63, 3.8) is 0 Å². The number of β-lactam (4-membered cyclic amide) rings is 1. The normalized spacial score (nSPS) is 19.6. The van der Waals surface area contributed by atoms with Crippen molar-refractivity contribution in [3.8, 4) is 0 Å². The standard InChI is InChI=1S/C20H24ClN5O7S2/c1-3-4-5-6-12(27)32-9-33-19(30)15-10(21)7-34-18-14(17(29)26(15)18)24-16(28)13(25-31-2)11-8-35-20(22)23-11/h8,14,18H,3-7,9H2,1-2H3,(H2,22,23)(H,24,28)/b25-13-/t14?,18-/m1/s1. The third-order valence-electron chi connectivity index (χ3n) is 4.96. The number of carbonyl (C=O) groups excluding carboxylic acids is 4. The van der Waals surface area contributed by atoms with Crippen molar-refractivity contribution in [2.45, 2.75) is 44.0 Å². The Morgan fingerprint density at radius 1 is 1.34 bits per heavy atom. The van der Waals surface area contributed by atoms with Crippen LogP contribution >= 0.6 is 34.7 Å². The number of thiazole rings is 1. The molecule has 0 aliphatic carbocycles. The number of nitrogen functional groups attached to an aromatic ring is 1. The van der Waals surface area contributed by atoms with E-state index in [1.165, 1.54) is 24.3 Å². The van der Waals surface area contributed by atoms with Gasteiger partial charge in [-0.25, -0.2) is 9.78 Å². The highest BCUT2D eigenvalue weighted by atomic mass is 35.5. The summed E-state index contributed by atoms with van der Waals surface area (Å²) in [7, 11) is 1.27. The first-order valence-corrected chi connectivity index (χ1v) is 12.9. The molecule has 3 heterocycles. The van der Waals surface area contributed by atoms with Crippen LogP contribution < -0.4 is 11.1 Å². The highest BCUT2D eigenvalue weighted by Gasteiger charge is 2.54. The van der Waals surface area contributed by atoms with E-state index in [0.29, 0.717) is 6.42 Å². The molecular weight excluding hydrogens is 522 g/mol. The number of esters is 2. The average molecular weight is 546 g/mol. The molecule has 1 aromatic heterocycles. The predicted molar refractivity (Wildman–Crippen MR) is 129 cm³/mol. The van der Waals surface area contributed by atoms with Gasteiger partial charge in [-0.2, -0.15) is 0 Å². The molecule has 2 amide bonds. The maximum absolute atomic E-state index is 12.8. The fourth-order valence-corrected chi connectivity index (χ4v) is 5.38. The number of ether oxygens (including phenoxy) is 2. The molecule has 190 valence electrons. The number of rotatable bonds is 11. The second-order valence-corrected chi connectivity index (χ2v) is 9.78. The largest absolute Gasteiger partial charge is 0.428 e. The van der Waals surface area contributed by atoms with Crippen LogP contribution in [0, 0.1) is 0 Å². The predicted octanol–water partition coefficient (Wildman–Crippen LogP) is 1.55. The van der Waals surface area contributed by atoms with Gasteiger partial charge in [0.25, 0.3) is 11.8 Å². The highest BCUT2D eigenvalue weighted by molar-refractivity contribution is 8.00. The van der Waals surface area contributed by atoms with Crippen LogP contribution in [0.5, 0.6) is 0 Å². The van der Waals surface area contributed by atoms with Crippen molar-refractivity contribution in [2.24, 2.45) is 5.16 Å². The van der Waals surface area contributed by atoms with E-state index in [-0.39, 0.29) is 39.4 Å². The molecule has 1 unspecified atom stereocenters. The molecule has 3 N–H and O–H groups in total. The number of anilines is 1. The van der Waals surface area contributed by atoms with Crippen molar-refractivity contribution in [2.75, 3.05) is 25.4 Å². The Morgan fingerprint density at radius 2 is 2.11 bits per heavy atom. The summed E-state index contributed by atoms with van der Waals surface area (Å²) < 4.78 is 9.91. The van der Waals surface area contributed by atoms with Gasteiger partial charge in [0.2, 0.25) is 6.79 Å². The second-order valence-electron chi connectivity index (χ2n) is 7.33. The summed E-state index contributed by atoms with van der Waals surface area (Å²) in [4.78, 5) is 59.8. The first-order chi connectivity index (χ1) is 16.8. The minimum Gasteiger partial charge on any atom is -0.428 e. The van der Waals surface area contributed by atoms with Gasteiger partial charge < -0.3 is 25.4 Å². The van der Waals surface area contributed by atoms with Gasteiger partial charge in [0.15, 0.2) is 10.8 Å². The topological polar surface area (TPSA) is 163 Å². The minimum atomic E-state index is -0.950. The summed E-state index contributed by atoms with van der Waals surface area (Å²) in [5, 5.41) is 7.56. The maximum Gasteiger partial charge on any atom is 0.359 e. The lowest BCUT2D eigenvalue weighted by atomic mass is 10.0. The zero-order chi connectivity index (χ0) is 25.5. The number of nitrogens with two attached hydrogens (primary N) is 1. The lowest BCUT2D eigenvalue weighted by Gasteiger charge is -2.48. The lowest BCUT2D eigenvalue weighted by molar-refractivity contribution is -0.168. The Balaban J connectivity index is 1.60. The molecule has 0 aromatic carbocycles. The second kappa shape index (κ2) is 12.2. The summed E-state index contributed by atoms with van der Waals surface area (Å²) in [6, 6.07) is -0.950. The van der Waals surface area contributed by atoms with E-state index in [2.05, 4.69) is 15.5 Å². The average Bonchev–Trinajstić information content (AvgIpc) is 3.26. The molecule has 2 aliphatic rings. The number of carbonyl (C=O) groups is 4. The van der Waals surface area contributed by atoms with E-state index >= 15 is 0 Å². The number of hydrogen-bond acceptors (Lipinski definition) is 12. The zero-order valence-corrected chi connectivity index (χ0v) is 21.3. The van der Waals surface area contributed by atoms with Gasteiger partial charge in [0, 0.05) is 17.6 Å². The van der Waals surface area contributed by atoms with Crippen LogP contribution in [-0.2, 0) is 33.5 Å². The van der Waals surface area contributed by atoms with E-state index < -0.39 is 42.0 Å². The molecule has 15 heteroatoms. The molecule has 1 saturated heterocycles. The van der Waals surface area contributed by atoms with Gasteiger partial charge in [0.1, 0.15) is 29.9 Å². The van der Waals surface area contributed by atoms with Crippen molar-refractivity contribution >= 4 is 69.3 Å². The summed E-state index contributed by atoms with van der Waals surface area (Å²) >= 11 is 8.59. The number of halogens is 1. The van der Waals surface area contributed by atoms with Crippen LogP contribution in [-0.4, -0.2) is 70.4 Å². The number of amides is 2. The molecule has 35 heavy (non-hydrogen) atoms. The Morgan fingerprint density at radius 3 is 2.77 bits per heavy atom. The molecule has 12 nitrogen and oxygen atoms in total. The smallest absolute Gasteiger partial charge is 0.359 e. The highest BCUT2D eigenvalue weighted by Crippen LogP contribution is 2.41. The summed E-state index contributed by atoms with van der Waals surface area (Å²) in [6.07, 6.45) is 2.75. The van der Waals surface area contributed by atoms with Gasteiger partial charge in [0.05, 0.1) is 5.03 Å². The van der Waals surface area contributed by atoms with Crippen molar-refractivity contribution in [1.82, 2.24) is 15.2 Å². The molecule has 0 radical (unpaired) electrons. The third-order valence-corrected chi connectivity index (χ3v) is 7.38. The molecule has 0 saturated carbocycles. The summed E-state index contributed by atoms with van der Waals surface area (Å²) in [6.45, 7) is 1.42. The fourth-order valence-electron chi connectivity index (χ4n) is 3.28. The van der Waals surface area contributed by atoms with E-state index in [9.17, 15) is 19.2 Å². The van der Waals surface area contributed by atoms with Crippen LogP contribution in [0.3, 0.4) is 0 Å². The monoisotopic (exact) mass is 545 g/mol. The fraction of sp³-hybridized carbons (Fsp3) is 0.500. The van der Waals surface area contributed by atoms with E-state index in [1.807, 2.05) is 6.92 Å². The number of thioether (sulfide) groups is 1. The first-order valence-electron chi connectivity index (χ1n) is 10.6. The van der Waals surface area contributed by atoms with Gasteiger partial charge in [-0.05, 0) is 6.42 Å². The van der Waals surface area contributed by atoms with Crippen LogP contribution in [0.4, 0.5) is 5.13 Å². The molecule has 1 aromatic rings. The number of aromatic nitrogens is 1. The van der Waals surface area contributed by atoms with E-state index in [1.54, 1.807) is 0 Å². The third kappa shape index (κ3) is 6.24. The first kappa shape index (κ1) is 26.8. The Labute approximate surface area is 214 Å². The number of nitrogens with one attached hydrogen (secondary N) is 1. The van der Waals surface area contributed by atoms with Crippen molar-refractivity contribution in [1.29, 1.82) is 0 Å². The van der Waals surface area contributed by atoms with Gasteiger partial charge in [-0.1, -0.05) is 36.5 Å². The number of oxime groups is 1. The maximum atomic E-state index is 12.8.